The van der Waals surface area contributed by atoms with Crippen molar-refractivity contribution in [3.63, 3.8) is 0 Å². The van der Waals surface area contributed by atoms with E-state index < -0.39 is 29.7 Å². The maximum Gasteiger partial charge on any atom is 0.320 e. The second kappa shape index (κ2) is 10.6. The zero-order valence-corrected chi connectivity index (χ0v) is 16.1. The van der Waals surface area contributed by atoms with Crippen LogP contribution in [0.2, 0.25) is 0 Å². The molecule has 0 bridgehead atoms. The summed E-state index contributed by atoms with van der Waals surface area (Å²) in [5.74, 6) is -3.93. The normalized spacial score (nSPS) is 12.1. The van der Waals surface area contributed by atoms with E-state index >= 15 is 0 Å². The van der Waals surface area contributed by atoms with Crippen LogP contribution in [0.25, 0.3) is 10.2 Å². The van der Waals surface area contributed by atoms with E-state index in [1.807, 2.05) is 24.3 Å². The number of nitrogens with one attached hydrogen (secondary N) is 1. The molecule has 2 aromatic rings. The fourth-order valence-electron chi connectivity index (χ4n) is 2.12. The molecule has 9 N–H and O–H groups in total. The maximum absolute atomic E-state index is 12.4. The summed E-state index contributed by atoms with van der Waals surface area (Å²) in [5, 5.41) is 21.1. The Kier molecular flexibility index (Phi) is 9.65. The molecule has 1 aromatic heterocycles. The molecule has 1 amide bonds. The van der Waals surface area contributed by atoms with Crippen molar-refractivity contribution < 1.29 is 24.6 Å². The second-order valence-electron chi connectivity index (χ2n) is 5.19. The van der Waals surface area contributed by atoms with Gasteiger partial charge in [-0.05, 0) is 12.1 Å². The van der Waals surface area contributed by atoms with Crippen molar-refractivity contribution in [3.05, 3.63) is 36.9 Å². The number of nitrogens with zero attached hydrogens (tertiary/aromatic N) is 1. The van der Waals surface area contributed by atoms with E-state index in [1.165, 1.54) is 17.4 Å². The molecule has 0 aliphatic rings. The molecule has 148 valence electrons. The van der Waals surface area contributed by atoms with Gasteiger partial charge in [0.25, 0.3) is 0 Å². The topological polar surface area (TPSA) is 187 Å². The molecular formula is C16H22N4O5S2. The first kappa shape index (κ1) is 24.5. The van der Waals surface area contributed by atoms with E-state index in [-0.39, 0.29) is 24.6 Å². The molecule has 1 atom stereocenters. The van der Waals surface area contributed by atoms with Gasteiger partial charge in [0, 0.05) is 12.3 Å². The molecule has 0 saturated heterocycles. The molecule has 0 spiro atoms. The van der Waals surface area contributed by atoms with Crippen molar-refractivity contribution in [2.75, 3.05) is 12.3 Å². The van der Waals surface area contributed by atoms with Gasteiger partial charge in [0.05, 0.1) is 16.6 Å². The monoisotopic (exact) mass is 414 g/mol. The zero-order valence-electron chi connectivity index (χ0n) is 14.5. The molecule has 0 aliphatic carbocycles. The van der Waals surface area contributed by atoms with Gasteiger partial charge >= 0.3 is 11.9 Å². The van der Waals surface area contributed by atoms with Gasteiger partial charge in [-0.25, -0.2) is 4.98 Å². The Morgan fingerprint density at radius 2 is 1.93 bits per heavy atom. The SMILES string of the molecule is C=CCNC(=O)C(CSc1nc2ccccc2s1)(CC(=O)O)C(=O)O.N.N. The number of aromatic nitrogens is 1. The average molecular weight is 415 g/mol. The lowest BCUT2D eigenvalue weighted by molar-refractivity contribution is -0.160. The Balaban J connectivity index is 0.00000338. The molecule has 2 rings (SSSR count). The fraction of sp³-hybridized carbons (Fsp3) is 0.250. The van der Waals surface area contributed by atoms with Crippen molar-refractivity contribution in [2.45, 2.75) is 10.8 Å². The molecule has 0 radical (unpaired) electrons. The van der Waals surface area contributed by atoms with Crippen LogP contribution in [0.4, 0.5) is 0 Å². The minimum Gasteiger partial charge on any atom is -0.481 e. The van der Waals surface area contributed by atoms with Crippen LogP contribution in [0.5, 0.6) is 0 Å². The number of carbonyl (C=O) groups is 3. The third-order valence-electron chi connectivity index (χ3n) is 3.42. The highest BCUT2D eigenvalue weighted by Gasteiger charge is 2.48. The van der Waals surface area contributed by atoms with E-state index in [0.717, 1.165) is 22.0 Å². The van der Waals surface area contributed by atoms with E-state index in [1.54, 1.807) is 0 Å². The number of rotatable bonds is 9. The standard InChI is InChI=1S/C16H16N2O5S2.2H3N/c1-2-7-17-13(21)16(14(22)23,8-12(19)20)9-24-15-18-10-5-3-4-6-11(10)25-15;;/h2-6H,1,7-9H2,(H,17,21)(H,19,20)(H,22,23);2*1H3. The van der Waals surface area contributed by atoms with Crippen molar-refractivity contribution in [3.8, 4) is 0 Å². The summed E-state index contributed by atoms with van der Waals surface area (Å²) in [5.41, 5.74) is -1.32. The summed E-state index contributed by atoms with van der Waals surface area (Å²) in [6.45, 7) is 3.50. The second-order valence-corrected chi connectivity index (χ2v) is 7.45. The number of fused-ring (bicyclic) bond motifs is 1. The Morgan fingerprint density at radius 3 is 2.48 bits per heavy atom. The highest BCUT2D eigenvalue weighted by atomic mass is 32.2. The quantitative estimate of drug-likeness (QED) is 0.233. The number of benzene rings is 1. The predicted molar refractivity (Wildman–Crippen MR) is 106 cm³/mol. The Morgan fingerprint density at radius 1 is 1.26 bits per heavy atom. The number of hydrogen-bond donors (Lipinski definition) is 5. The van der Waals surface area contributed by atoms with Crippen LogP contribution in [0, 0.1) is 5.41 Å². The number of thioether (sulfide) groups is 1. The highest BCUT2D eigenvalue weighted by molar-refractivity contribution is 8.01. The number of amides is 1. The molecule has 0 saturated carbocycles. The molecule has 0 aliphatic heterocycles. The number of para-hydroxylation sites is 1. The Bertz CT molecular complexity index is 793. The van der Waals surface area contributed by atoms with Crippen LogP contribution in [0.3, 0.4) is 0 Å². The Labute approximate surface area is 164 Å². The van der Waals surface area contributed by atoms with Gasteiger partial charge in [0.1, 0.15) is 0 Å². The lowest BCUT2D eigenvalue weighted by Gasteiger charge is -2.25. The van der Waals surface area contributed by atoms with Gasteiger partial charge < -0.3 is 27.8 Å². The predicted octanol–water partition coefficient (Wildman–Crippen LogP) is 2.56. The minimum atomic E-state index is -2.09. The number of aliphatic carboxylic acids is 2. The number of carboxylic acids is 2. The highest BCUT2D eigenvalue weighted by Crippen LogP contribution is 2.36. The first-order chi connectivity index (χ1) is 11.9. The van der Waals surface area contributed by atoms with Crippen molar-refractivity contribution in [1.29, 1.82) is 0 Å². The molecule has 9 nitrogen and oxygen atoms in total. The van der Waals surface area contributed by atoms with Gasteiger partial charge in [0.2, 0.25) is 5.91 Å². The number of thiazole rings is 1. The Hall–Kier alpha value is -2.47. The average Bonchev–Trinajstić information content (AvgIpc) is 2.98. The van der Waals surface area contributed by atoms with E-state index in [2.05, 4.69) is 16.9 Å². The van der Waals surface area contributed by atoms with Crippen LogP contribution >= 0.6 is 23.1 Å². The van der Waals surface area contributed by atoms with Crippen LogP contribution in [0.1, 0.15) is 6.42 Å². The summed E-state index contributed by atoms with van der Waals surface area (Å²) in [6.07, 6.45) is 0.579. The summed E-state index contributed by atoms with van der Waals surface area (Å²) < 4.78 is 1.51. The van der Waals surface area contributed by atoms with E-state index in [4.69, 9.17) is 5.11 Å². The van der Waals surface area contributed by atoms with Gasteiger partial charge in [-0.1, -0.05) is 30.0 Å². The van der Waals surface area contributed by atoms with Crippen LogP contribution < -0.4 is 17.6 Å². The lowest BCUT2D eigenvalue weighted by Crippen LogP contribution is -2.49. The van der Waals surface area contributed by atoms with E-state index in [0.29, 0.717) is 4.34 Å². The van der Waals surface area contributed by atoms with E-state index in [9.17, 15) is 19.5 Å². The van der Waals surface area contributed by atoms with Crippen molar-refractivity contribution in [1.82, 2.24) is 22.6 Å². The summed E-state index contributed by atoms with van der Waals surface area (Å²) in [4.78, 5) is 39.7. The molecule has 27 heavy (non-hydrogen) atoms. The lowest BCUT2D eigenvalue weighted by atomic mass is 9.85. The molecule has 0 fully saturated rings. The number of hydrogen-bond acceptors (Lipinski definition) is 8. The summed E-state index contributed by atoms with van der Waals surface area (Å²) in [6, 6.07) is 7.42. The van der Waals surface area contributed by atoms with Crippen molar-refractivity contribution >= 4 is 51.2 Å². The molecule has 1 aromatic carbocycles. The first-order valence-electron chi connectivity index (χ1n) is 7.22. The van der Waals surface area contributed by atoms with Crippen LogP contribution in [-0.2, 0) is 14.4 Å². The maximum atomic E-state index is 12.4. The molecule has 1 unspecified atom stereocenters. The third kappa shape index (κ3) is 5.76. The molecule has 11 heteroatoms. The summed E-state index contributed by atoms with van der Waals surface area (Å²) >= 11 is 2.42. The van der Waals surface area contributed by atoms with Crippen molar-refractivity contribution in [2.24, 2.45) is 5.41 Å². The summed E-state index contributed by atoms with van der Waals surface area (Å²) in [7, 11) is 0. The smallest absolute Gasteiger partial charge is 0.320 e. The molecular weight excluding hydrogens is 392 g/mol. The largest absolute Gasteiger partial charge is 0.481 e. The fourth-order valence-corrected chi connectivity index (χ4v) is 4.39. The van der Waals surface area contributed by atoms with Gasteiger partial charge in [-0.2, -0.15) is 0 Å². The zero-order chi connectivity index (χ0) is 18.4. The van der Waals surface area contributed by atoms with Crippen LogP contribution in [0.15, 0.2) is 41.3 Å². The van der Waals surface area contributed by atoms with Gasteiger partial charge in [0.15, 0.2) is 9.75 Å². The first-order valence-corrected chi connectivity index (χ1v) is 9.02. The minimum absolute atomic E-state index is 0. The number of carboxylic acid groups (broad SMARTS) is 2. The van der Waals surface area contributed by atoms with Gasteiger partial charge in [-0.15, -0.1) is 17.9 Å². The molecule has 1 heterocycles. The third-order valence-corrected chi connectivity index (χ3v) is 5.83. The number of carbonyl (C=O) groups excluding carboxylic acids is 1. The van der Waals surface area contributed by atoms with Gasteiger partial charge in [-0.3, -0.25) is 14.4 Å². The van der Waals surface area contributed by atoms with Crippen LogP contribution in [-0.4, -0.2) is 45.3 Å².